The molecule has 1 aromatic rings. The van der Waals surface area contributed by atoms with Crippen molar-refractivity contribution in [2.45, 2.75) is 31.1 Å². The average molecular weight is 286 g/mol. The summed E-state index contributed by atoms with van der Waals surface area (Å²) in [5, 5.41) is 9.08. The lowest BCUT2D eigenvalue weighted by molar-refractivity contribution is 0.0692. The van der Waals surface area contributed by atoms with Crippen molar-refractivity contribution in [3.8, 4) is 5.75 Å². The number of carboxylic acid groups (broad SMARTS) is 1. The third kappa shape index (κ3) is 4.55. The van der Waals surface area contributed by atoms with E-state index in [0.717, 1.165) is 31.6 Å². The van der Waals surface area contributed by atoms with E-state index >= 15 is 0 Å². The lowest BCUT2D eigenvalue weighted by Crippen LogP contribution is -2.07. The molecule has 1 rings (SSSR count). The third-order valence-electron chi connectivity index (χ3n) is 2.62. The third-order valence-corrected chi connectivity index (χ3v) is 3.73. The number of ether oxygens (including phenoxy) is 1. The summed E-state index contributed by atoms with van der Waals surface area (Å²) in [6, 6.07) is 3.88. The van der Waals surface area contributed by atoms with Gasteiger partial charge in [-0.3, -0.25) is 0 Å². The molecule has 0 heterocycles. The van der Waals surface area contributed by atoms with Gasteiger partial charge in [0.15, 0.2) is 9.84 Å². The smallest absolute Gasteiger partial charge is 0.339 e. The van der Waals surface area contributed by atoms with Crippen LogP contribution in [-0.4, -0.2) is 32.4 Å². The van der Waals surface area contributed by atoms with Gasteiger partial charge in [0.25, 0.3) is 0 Å². The van der Waals surface area contributed by atoms with Gasteiger partial charge in [0.05, 0.1) is 11.5 Å². The molecule has 6 heteroatoms. The van der Waals surface area contributed by atoms with Crippen LogP contribution in [0.2, 0.25) is 0 Å². The number of carbonyl (C=O) groups is 1. The molecule has 1 aromatic carbocycles. The van der Waals surface area contributed by atoms with E-state index in [4.69, 9.17) is 9.84 Å². The van der Waals surface area contributed by atoms with E-state index in [-0.39, 0.29) is 16.2 Å². The average Bonchev–Trinajstić information content (AvgIpc) is 2.33. The first kappa shape index (κ1) is 15.5. The van der Waals surface area contributed by atoms with Gasteiger partial charge in [-0.1, -0.05) is 19.8 Å². The summed E-state index contributed by atoms with van der Waals surface area (Å²) in [6.07, 6.45) is 3.92. The molecule has 0 unspecified atom stereocenters. The van der Waals surface area contributed by atoms with Gasteiger partial charge in [0, 0.05) is 6.26 Å². The Labute approximate surface area is 113 Å². The number of rotatable bonds is 7. The Morgan fingerprint density at radius 2 is 2.00 bits per heavy atom. The van der Waals surface area contributed by atoms with E-state index in [0.29, 0.717) is 6.61 Å². The lowest BCUT2D eigenvalue weighted by Gasteiger charge is -2.10. The Hall–Kier alpha value is -1.56. The van der Waals surface area contributed by atoms with Gasteiger partial charge in [0.1, 0.15) is 11.3 Å². The highest BCUT2D eigenvalue weighted by atomic mass is 32.2. The predicted octanol–water partition coefficient (Wildman–Crippen LogP) is 2.36. The molecule has 19 heavy (non-hydrogen) atoms. The van der Waals surface area contributed by atoms with Crippen molar-refractivity contribution < 1.29 is 23.1 Å². The molecule has 0 saturated carbocycles. The van der Waals surface area contributed by atoms with Crippen LogP contribution in [0.25, 0.3) is 0 Å². The fraction of sp³-hybridized carbons (Fsp3) is 0.462. The van der Waals surface area contributed by atoms with E-state index in [9.17, 15) is 13.2 Å². The molecule has 0 spiro atoms. The lowest BCUT2D eigenvalue weighted by atomic mass is 10.2. The van der Waals surface area contributed by atoms with Crippen molar-refractivity contribution in [2.24, 2.45) is 0 Å². The molecule has 0 aliphatic carbocycles. The number of benzene rings is 1. The Bertz CT molecular complexity index is 548. The van der Waals surface area contributed by atoms with Crippen molar-refractivity contribution in [1.82, 2.24) is 0 Å². The molecule has 0 bridgehead atoms. The van der Waals surface area contributed by atoms with Crippen LogP contribution in [0.1, 0.15) is 36.5 Å². The molecule has 0 atom stereocenters. The second-order valence-corrected chi connectivity index (χ2v) is 6.31. The van der Waals surface area contributed by atoms with Crippen LogP contribution in [0.5, 0.6) is 5.75 Å². The molecule has 0 aromatic heterocycles. The van der Waals surface area contributed by atoms with Gasteiger partial charge in [-0.2, -0.15) is 0 Å². The topological polar surface area (TPSA) is 80.7 Å². The fourth-order valence-corrected chi connectivity index (χ4v) is 2.21. The molecule has 1 N–H and O–H groups in total. The summed E-state index contributed by atoms with van der Waals surface area (Å²) >= 11 is 0. The summed E-state index contributed by atoms with van der Waals surface area (Å²) in [5.41, 5.74) is -0.126. The largest absolute Gasteiger partial charge is 0.493 e. The highest BCUT2D eigenvalue weighted by molar-refractivity contribution is 7.90. The van der Waals surface area contributed by atoms with Crippen molar-refractivity contribution in [2.75, 3.05) is 12.9 Å². The molecule has 0 aliphatic rings. The van der Waals surface area contributed by atoms with E-state index in [1.54, 1.807) is 0 Å². The van der Waals surface area contributed by atoms with Gasteiger partial charge >= 0.3 is 5.97 Å². The molecule has 0 amide bonds. The zero-order valence-electron chi connectivity index (χ0n) is 11.0. The van der Waals surface area contributed by atoms with Crippen LogP contribution in [-0.2, 0) is 9.84 Å². The van der Waals surface area contributed by atoms with Gasteiger partial charge < -0.3 is 9.84 Å². The summed E-state index contributed by atoms with van der Waals surface area (Å²) in [4.78, 5) is 11.1. The molecule has 5 nitrogen and oxygen atoms in total. The summed E-state index contributed by atoms with van der Waals surface area (Å²) in [6.45, 7) is 2.48. The van der Waals surface area contributed by atoms with Crippen LogP contribution in [0.4, 0.5) is 0 Å². The second kappa shape index (κ2) is 6.56. The maximum atomic E-state index is 11.4. The zero-order chi connectivity index (χ0) is 14.5. The fourth-order valence-electron chi connectivity index (χ4n) is 1.57. The molecule has 0 radical (unpaired) electrons. The van der Waals surface area contributed by atoms with Gasteiger partial charge in [-0.25, -0.2) is 13.2 Å². The van der Waals surface area contributed by atoms with Crippen LogP contribution < -0.4 is 4.74 Å². The van der Waals surface area contributed by atoms with Crippen molar-refractivity contribution in [3.63, 3.8) is 0 Å². The Balaban J connectivity index is 2.96. The Morgan fingerprint density at radius 1 is 1.32 bits per heavy atom. The Morgan fingerprint density at radius 3 is 2.53 bits per heavy atom. The normalized spacial score (nSPS) is 11.3. The second-order valence-electron chi connectivity index (χ2n) is 4.29. The van der Waals surface area contributed by atoms with Crippen LogP contribution in [0.15, 0.2) is 23.1 Å². The summed E-state index contributed by atoms with van der Waals surface area (Å²) in [5.74, 6) is -0.994. The highest BCUT2D eigenvalue weighted by Crippen LogP contribution is 2.23. The number of sulfone groups is 1. The zero-order valence-corrected chi connectivity index (χ0v) is 11.9. The monoisotopic (exact) mass is 286 g/mol. The van der Waals surface area contributed by atoms with Crippen molar-refractivity contribution in [1.29, 1.82) is 0 Å². The van der Waals surface area contributed by atoms with Crippen LogP contribution in [0.3, 0.4) is 0 Å². The van der Waals surface area contributed by atoms with E-state index in [2.05, 4.69) is 6.92 Å². The molecule has 0 aliphatic heterocycles. The number of hydrogen-bond acceptors (Lipinski definition) is 4. The quantitative estimate of drug-likeness (QED) is 0.778. The minimum absolute atomic E-state index is 0.0224. The molecule has 0 saturated heterocycles. The number of unbranched alkanes of at least 4 members (excludes halogenated alkanes) is 2. The van der Waals surface area contributed by atoms with Crippen molar-refractivity contribution in [3.05, 3.63) is 23.8 Å². The van der Waals surface area contributed by atoms with Gasteiger partial charge in [-0.15, -0.1) is 0 Å². The standard InChI is InChI=1S/C13H18O5S/c1-3-4-5-8-18-12-7-6-10(19(2,16)17)9-11(12)13(14)15/h6-7,9H,3-5,8H2,1-2H3,(H,14,15). The molecular formula is C13H18O5S. The minimum atomic E-state index is -3.42. The first-order chi connectivity index (χ1) is 8.86. The predicted molar refractivity (Wildman–Crippen MR) is 71.5 cm³/mol. The van der Waals surface area contributed by atoms with E-state index < -0.39 is 15.8 Å². The molecular weight excluding hydrogens is 268 g/mol. The first-order valence-electron chi connectivity index (χ1n) is 6.06. The summed E-state index contributed by atoms with van der Waals surface area (Å²) in [7, 11) is -3.42. The van der Waals surface area contributed by atoms with E-state index in [1.807, 2.05) is 0 Å². The maximum Gasteiger partial charge on any atom is 0.339 e. The minimum Gasteiger partial charge on any atom is -0.493 e. The first-order valence-corrected chi connectivity index (χ1v) is 7.95. The van der Waals surface area contributed by atoms with Gasteiger partial charge in [0.2, 0.25) is 0 Å². The SMILES string of the molecule is CCCCCOc1ccc(S(C)(=O)=O)cc1C(=O)O. The molecule has 0 fully saturated rings. The number of hydrogen-bond donors (Lipinski definition) is 1. The van der Waals surface area contributed by atoms with Crippen molar-refractivity contribution >= 4 is 15.8 Å². The summed E-state index contributed by atoms with van der Waals surface area (Å²) < 4.78 is 28.2. The Kier molecular flexibility index (Phi) is 5.35. The number of carboxylic acids is 1. The number of aromatic carboxylic acids is 1. The van der Waals surface area contributed by atoms with E-state index in [1.165, 1.54) is 12.1 Å². The molecule has 106 valence electrons. The van der Waals surface area contributed by atoms with Gasteiger partial charge in [-0.05, 0) is 24.6 Å². The van der Waals surface area contributed by atoms with Crippen LogP contribution in [0, 0.1) is 0 Å². The maximum absolute atomic E-state index is 11.4. The van der Waals surface area contributed by atoms with Crippen LogP contribution >= 0.6 is 0 Å². The highest BCUT2D eigenvalue weighted by Gasteiger charge is 2.16.